The van der Waals surface area contributed by atoms with Crippen LogP contribution >= 0.6 is 0 Å². The highest BCUT2D eigenvalue weighted by Crippen LogP contribution is 2.46. The highest BCUT2D eigenvalue weighted by atomic mass is 16.2. The maximum atomic E-state index is 12.2. The lowest BCUT2D eigenvalue weighted by atomic mass is 9.89. The van der Waals surface area contributed by atoms with Crippen molar-refractivity contribution in [3.8, 4) is 0 Å². The fourth-order valence-corrected chi connectivity index (χ4v) is 4.61. The number of hydrogen-bond acceptors (Lipinski definition) is 5. The predicted molar refractivity (Wildman–Crippen MR) is 97.4 cm³/mol. The van der Waals surface area contributed by atoms with Crippen molar-refractivity contribution in [3.05, 3.63) is 48.5 Å². The van der Waals surface area contributed by atoms with Gasteiger partial charge in [0.25, 0.3) is 0 Å². The van der Waals surface area contributed by atoms with Crippen LogP contribution in [0.2, 0.25) is 0 Å². The van der Waals surface area contributed by atoms with E-state index in [2.05, 4.69) is 37.0 Å². The van der Waals surface area contributed by atoms with E-state index in [0.717, 1.165) is 31.0 Å². The number of hydrogen-bond donors (Lipinski definition) is 1. The van der Waals surface area contributed by atoms with Crippen molar-refractivity contribution >= 4 is 22.9 Å². The Balaban J connectivity index is 1.49. The number of benzene rings is 1. The summed E-state index contributed by atoms with van der Waals surface area (Å²) in [5, 5.41) is 0. The first-order chi connectivity index (χ1) is 12.7. The molecule has 7 nitrogen and oxygen atoms in total. The summed E-state index contributed by atoms with van der Waals surface area (Å²) in [6, 6.07) is 10.5. The van der Waals surface area contributed by atoms with Crippen molar-refractivity contribution in [2.45, 2.75) is 13.0 Å². The van der Waals surface area contributed by atoms with Gasteiger partial charge in [-0.2, -0.15) is 0 Å². The Hall–Kier alpha value is -2.96. The van der Waals surface area contributed by atoms with E-state index in [1.54, 1.807) is 19.6 Å². The summed E-state index contributed by atoms with van der Waals surface area (Å²) in [6.45, 7) is 4.24. The van der Waals surface area contributed by atoms with Crippen LogP contribution in [-0.4, -0.2) is 50.4 Å². The van der Waals surface area contributed by atoms with Gasteiger partial charge in [0.05, 0.1) is 12.4 Å². The molecule has 2 saturated heterocycles. The largest absolute Gasteiger partial charge is 0.354 e. The van der Waals surface area contributed by atoms with Crippen LogP contribution in [0.1, 0.15) is 18.5 Å². The fraction of sp³-hybridized carbons (Fsp3) is 0.368. The number of rotatable bonds is 2. The quantitative estimate of drug-likeness (QED) is 0.766. The molecular weight excluding hydrogens is 328 g/mol. The summed E-state index contributed by atoms with van der Waals surface area (Å²) in [5.41, 5.74) is 2.79. The van der Waals surface area contributed by atoms with Crippen LogP contribution in [0.4, 0.5) is 5.82 Å². The van der Waals surface area contributed by atoms with Gasteiger partial charge in [-0.1, -0.05) is 30.3 Å². The van der Waals surface area contributed by atoms with Crippen molar-refractivity contribution in [1.29, 1.82) is 0 Å². The molecule has 3 aromatic rings. The lowest BCUT2D eigenvalue weighted by Crippen LogP contribution is -2.34. The van der Waals surface area contributed by atoms with Gasteiger partial charge in [-0.05, 0) is 5.56 Å². The summed E-state index contributed by atoms with van der Waals surface area (Å²) in [6.07, 6.45) is 3.23. The molecule has 1 amide bonds. The molecule has 3 atom stereocenters. The third-order valence-electron chi connectivity index (χ3n) is 5.71. The number of fused-ring (bicyclic) bond motifs is 2. The molecule has 2 fully saturated rings. The van der Waals surface area contributed by atoms with Gasteiger partial charge < -0.3 is 14.8 Å². The molecule has 0 saturated carbocycles. The Labute approximate surface area is 151 Å². The second-order valence-electron chi connectivity index (χ2n) is 7.15. The van der Waals surface area contributed by atoms with Gasteiger partial charge in [-0.25, -0.2) is 15.0 Å². The van der Waals surface area contributed by atoms with Gasteiger partial charge >= 0.3 is 0 Å². The summed E-state index contributed by atoms with van der Waals surface area (Å²) in [7, 11) is 0. The van der Waals surface area contributed by atoms with Gasteiger partial charge in [0, 0.05) is 38.4 Å². The first kappa shape index (κ1) is 15.3. The summed E-state index contributed by atoms with van der Waals surface area (Å²) in [4.78, 5) is 32.7. The average molecular weight is 348 g/mol. The number of nitrogens with one attached hydrogen (secondary N) is 1. The lowest BCUT2D eigenvalue weighted by molar-refractivity contribution is -0.130. The van der Waals surface area contributed by atoms with Crippen LogP contribution < -0.4 is 4.90 Å². The standard InChI is InChI=1S/C19H20N6O/c1-12(26)25-8-14-7-24(19-16-18(21-10-20-16)22-11-23-19)9-15(14)17(25)13-5-3-2-4-6-13/h2-6,10-11,14-15,17H,7-9H2,1H3,(H,20,21,22,23)/t14-,15-,17+/m1/s1. The van der Waals surface area contributed by atoms with Crippen LogP contribution in [0, 0.1) is 11.8 Å². The summed E-state index contributed by atoms with van der Waals surface area (Å²) >= 11 is 0. The zero-order valence-electron chi connectivity index (χ0n) is 14.5. The monoisotopic (exact) mass is 348 g/mol. The first-order valence-electron chi connectivity index (χ1n) is 8.93. The maximum Gasteiger partial charge on any atom is 0.219 e. The molecule has 0 unspecified atom stereocenters. The van der Waals surface area contributed by atoms with Crippen molar-refractivity contribution in [3.63, 3.8) is 0 Å². The van der Waals surface area contributed by atoms with Crippen LogP contribution in [0.5, 0.6) is 0 Å². The zero-order valence-corrected chi connectivity index (χ0v) is 14.5. The second kappa shape index (κ2) is 5.79. The number of amides is 1. The molecule has 132 valence electrons. The number of aromatic nitrogens is 4. The molecule has 7 heteroatoms. The minimum atomic E-state index is 0.128. The predicted octanol–water partition coefficient (Wildman–Crippen LogP) is 2.01. The summed E-state index contributed by atoms with van der Waals surface area (Å²) < 4.78 is 0. The topological polar surface area (TPSA) is 78.0 Å². The molecule has 0 aliphatic carbocycles. The number of nitrogens with zero attached hydrogens (tertiary/aromatic N) is 5. The van der Waals surface area contributed by atoms with Crippen LogP contribution in [0.25, 0.3) is 11.2 Å². The fourth-order valence-electron chi connectivity index (χ4n) is 4.61. The van der Waals surface area contributed by atoms with E-state index in [4.69, 9.17) is 0 Å². The number of anilines is 1. The highest BCUT2D eigenvalue weighted by molar-refractivity contribution is 5.83. The molecule has 26 heavy (non-hydrogen) atoms. The zero-order chi connectivity index (χ0) is 17.7. The molecule has 4 heterocycles. The van der Waals surface area contributed by atoms with Gasteiger partial charge in [0.2, 0.25) is 5.91 Å². The van der Waals surface area contributed by atoms with E-state index in [-0.39, 0.29) is 11.9 Å². The number of imidazole rings is 1. The number of carbonyl (C=O) groups excluding carboxylic acids is 1. The normalized spacial score (nSPS) is 25.0. The Kier molecular flexibility index (Phi) is 3.41. The number of H-pyrrole nitrogens is 1. The molecule has 2 aliphatic heterocycles. The van der Waals surface area contributed by atoms with Gasteiger partial charge in [0.1, 0.15) is 11.8 Å². The molecule has 0 radical (unpaired) electrons. The smallest absolute Gasteiger partial charge is 0.219 e. The van der Waals surface area contributed by atoms with E-state index in [9.17, 15) is 4.79 Å². The number of aromatic amines is 1. The summed E-state index contributed by atoms with van der Waals surface area (Å²) in [5.74, 6) is 1.90. The van der Waals surface area contributed by atoms with E-state index in [0.29, 0.717) is 17.5 Å². The second-order valence-corrected chi connectivity index (χ2v) is 7.15. The molecule has 2 aromatic heterocycles. The first-order valence-corrected chi connectivity index (χ1v) is 8.93. The third-order valence-corrected chi connectivity index (χ3v) is 5.71. The van der Waals surface area contributed by atoms with Gasteiger partial charge in [-0.3, -0.25) is 4.79 Å². The SMILES string of the molecule is CC(=O)N1C[C@H]2CN(c3ncnc4nc[nH]c34)C[C@H]2[C@@H]1c1ccccc1. The molecule has 1 N–H and O–H groups in total. The van der Waals surface area contributed by atoms with Crippen LogP contribution in [0.15, 0.2) is 43.0 Å². The number of carbonyl (C=O) groups is 1. The van der Waals surface area contributed by atoms with E-state index in [1.807, 2.05) is 23.1 Å². The molecule has 0 spiro atoms. The minimum absolute atomic E-state index is 0.128. The van der Waals surface area contributed by atoms with E-state index in [1.165, 1.54) is 5.56 Å². The Morgan fingerprint density at radius 3 is 2.77 bits per heavy atom. The van der Waals surface area contributed by atoms with Crippen LogP contribution in [0.3, 0.4) is 0 Å². The molecule has 1 aromatic carbocycles. The number of likely N-dealkylation sites (tertiary alicyclic amines) is 1. The van der Waals surface area contributed by atoms with Gasteiger partial charge in [0.15, 0.2) is 11.5 Å². The maximum absolute atomic E-state index is 12.2. The van der Waals surface area contributed by atoms with Crippen LogP contribution in [-0.2, 0) is 4.79 Å². The van der Waals surface area contributed by atoms with E-state index < -0.39 is 0 Å². The highest BCUT2D eigenvalue weighted by Gasteiger charge is 2.48. The third kappa shape index (κ3) is 2.27. The Bertz CT molecular complexity index is 955. The molecule has 2 aliphatic rings. The molecule has 5 rings (SSSR count). The molecule has 0 bridgehead atoms. The Morgan fingerprint density at radius 2 is 1.96 bits per heavy atom. The molecular formula is C19H20N6O. The van der Waals surface area contributed by atoms with E-state index >= 15 is 0 Å². The van der Waals surface area contributed by atoms with Gasteiger partial charge in [-0.15, -0.1) is 0 Å². The minimum Gasteiger partial charge on any atom is -0.354 e. The average Bonchev–Trinajstić information content (AvgIpc) is 3.35. The van der Waals surface area contributed by atoms with Crippen molar-refractivity contribution < 1.29 is 4.79 Å². The Morgan fingerprint density at radius 1 is 1.12 bits per heavy atom. The van der Waals surface area contributed by atoms with Crippen molar-refractivity contribution in [1.82, 2.24) is 24.8 Å². The van der Waals surface area contributed by atoms with Crippen molar-refractivity contribution in [2.24, 2.45) is 11.8 Å². The van der Waals surface area contributed by atoms with Crippen molar-refractivity contribution in [2.75, 3.05) is 24.5 Å². The lowest BCUT2D eigenvalue weighted by Gasteiger charge is -2.29.